The molecule has 0 fully saturated rings. The first-order valence-electron chi connectivity index (χ1n) is 7.82. The van der Waals surface area contributed by atoms with Crippen molar-refractivity contribution in [2.45, 2.75) is 11.8 Å². The summed E-state index contributed by atoms with van der Waals surface area (Å²) < 4.78 is 24.9. The van der Waals surface area contributed by atoms with E-state index in [1.165, 1.54) is 6.07 Å². The normalized spacial score (nSPS) is 14.5. The molecule has 0 saturated carbocycles. The molecule has 5 nitrogen and oxygen atoms in total. The standard InChI is InChI=1S/C20H14N2O3S/c1-3-13-7-15(10-16(23)8-13)22-18-4-5-21-19-9-14-6-12(2)26(24,25)20(14)11-17(18)19/h1,4-11,23H,2H3,(H,21,22). The lowest BCUT2D eigenvalue weighted by molar-refractivity contribution is 0.475. The predicted molar refractivity (Wildman–Crippen MR) is 102 cm³/mol. The van der Waals surface area contributed by atoms with Crippen molar-refractivity contribution in [2.75, 3.05) is 5.32 Å². The van der Waals surface area contributed by atoms with E-state index < -0.39 is 9.84 Å². The van der Waals surface area contributed by atoms with Crippen LogP contribution in [0.25, 0.3) is 17.0 Å². The monoisotopic (exact) mass is 362 g/mol. The number of allylic oxidation sites excluding steroid dienone is 1. The molecule has 26 heavy (non-hydrogen) atoms. The highest BCUT2D eigenvalue weighted by Crippen LogP contribution is 2.37. The maximum atomic E-state index is 12.5. The van der Waals surface area contributed by atoms with Gasteiger partial charge in [0.05, 0.1) is 10.4 Å². The van der Waals surface area contributed by atoms with Crippen molar-refractivity contribution in [3.05, 3.63) is 58.6 Å². The number of nitrogens with one attached hydrogen (secondary N) is 1. The van der Waals surface area contributed by atoms with Crippen LogP contribution in [0.15, 0.2) is 52.4 Å². The lowest BCUT2D eigenvalue weighted by Gasteiger charge is -2.12. The molecule has 2 heterocycles. The maximum absolute atomic E-state index is 12.5. The number of aromatic hydroxyl groups is 1. The summed E-state index contributed by atoms with van der Waals surface area (Å²) in [7, 11) is -3.44. The zero-order chi connectivity index (χ0) is 18.5. The summed E-state index contributed by atoms with van der Waals surface area (Å²) in [5.74, 6) is 2.53. The first-order valence-corrected chi connectivity index (χ1v) is 9.30. The number of aromatic nitrogens is 1. The van der Waals surface area contributed by atoms with Gasteiger partial charge in [-0.15, -0.1) is 6.42 Å². The van der Waals surface area contributed by atoms with Crippen LogP contribution < -0.4 is 5.32 Å². The van der Waals surface area contributed by atoms with Crippen LogP contribution in [0.2, 0.25) is 0 Å². The van der Waals surface area contributed by atoms with Crippen molar-refractivity contribution in [1.82, 2.24) is 4.98 Å². The summed E-state index contributed by atoms with van der Waals surface area (Å²) in [6.07, 6.45) is 8.70. The minimum atomic E-state index is -3.44. The number of hydrogen-bond acceptors (Lipinski definition) is 5. The van der Waals surface area contributed by atoms with E-state index in [0.29, 0.717) is 38.3 Å². The smallest absolute Gasteiger partial charge is 0.203 e. The highest BCUT2D eigenvalue weighted by atomic mass is 32.2. The first-order chi connectivity index (χ1) is 12.4. The van der Waals surface area contributed by atoms with Gasteiger partial charge < -0.3 is 10.4 Å². The third kappa shape index (κ3) is 2.50. The molecule has 0 radical (unpaired) electrons. The molecule has 0 aliphatic carbocycles. The summed E-state index contributed by atoms with van der Waals surface area (Å²) in [5, 5.41) is 13.7. The third-order valence-corrected chi connectivity index (χ3v) is 6.21. The summed E-state index contributed by atoms with van der Waals surface area (Å²) in [4.78, 5) is 4.94. The largest absolute Gasteiger partial charge is 0.508 e. The van der Waals surface area contributed by atoms with Gasteiger partial charge in [0.1, 0.15) is 5.75 Å². The Kier molecular flexibility index (Phi) is 3.49. The number of nitrogens with zero attached hydrogens (tertiary/aromatic N) is 1. The van der Waals surface area contributed by atoms with Crippen LogP contribution in [0.5, 0.6) is 5.75 Å². The lowest BCUT2D eigenvalue weighted by Crippen LogP contribution is -1.99. The van der Waals surface area contributed by atoms with Gasteiger partial charge in [-0.05, 0) is 48.9 Å². The molecule has 1 aromatic heterocycles. The quantitative estimate of drug-likeness (QED) is 0.678. The Morgan fingerprint density at radius 3 is 2.77 bits per heavy atom. The van der Waals surface area contributed by atoms with Crippen molar-refractivity contribution in [3.8, 4) is 18.1 Å². The number of hydrogen-bond donors (Lipinski definition) is 2. The van der Waals surface area contributed by atoms with Crippen LogP contribution in [0, 0.1) is 12.3 Å². The molecular formula is C20H14N2O3S. The molecule has 0 unspecified atom stereocenters. The fourth-order valence-corrected chi connectivity index (χ4v) is 4.37. The summed E-state index contributed by atoms with van der Waals surface area (Å²) in [5.41, 5.74) is 3.13. The maximum Gasteiger partial charge on any atom is 0.203 e. The first kappa shape index (κ1) is 16.2. The molecule has 1 aliphatic rings. The molecule has 0 saturated heterocycles. The molecule has 2 N–H and O–H groups in total. The molecule has 128 valence electrons. The Labute approximate surface area is 150 Å². The van der Waals surface area contributed by atoms with Crippen LogP contribution in [0.4, 0.5) is 11.4 Å². The van der Waals surface area contributed by atoms with E-state index in [2.05, 4.69) is 16.2 Å². The van der Waals surface area contributed by atoms with E-state index in [9.17, 15) is 13.5 Å². The van der Waals surface area contributed by atoms with E-state index in [4.69, 9.17) is 6.42 Å². The third-order valence-electron chi connectivity index (χ3n) is 4.31. The molecule has 0 bridgehead atoms. The molecule has 0 amide bonds. The highest BCUT2D eigenvalue weighted by Gasteiger charge is 2.27. The molecular weight excluding hydrogens is 348 g/mol. The zero-order valence-corrected chi connectivity index (χ0v) is 14.6. The van der Waals surface area contributed by atoms with E-state index >= 15 is 0 Å². The van der Waals surface area contributed by atoms with Gasteiger partial charge in [0.25, 0.3) is 0 Å². The van der Waals surface area contributed by atoms with Crippen molar-refractivity contribution >= 4 is 38.2 Å². The number of anilines is 2. The predicted octanol–water partition coefficient (Wildman–Crippen LogP) is 3.81. The lowest BCUT2D eigenvalue weighted by atomic mass is 10.1. The van der Waals surface area contributed by atoms with Crippen molar-refractivity contribution in [2.24, 2.45) is 0 Å². The van der Waals surface area contributed by atoms with Gasteiger partial charge in [-0.1, -0.05) is 5.92 Å². The van der Waals surface area contributed by atoms with Gasteiger partial charge in [0.2, 0.25) is 9.84 Å². The number of benzene rings is 2. The van der Waals surface area contributed by atoms with Gasteiger partial charge in [-0.3, -0.25) is 4.98 Å². The average Bonchev–Trinajstić information content (AvgIpc) is 2.82. The SMILES string of the molecule is C#Cc1cc(O)cc(Nc2ccnc3cc4c(cc23)S(=O)(=O)C(C)=C4)c1. The number of phenolic OH excluding ortho intramolecular Hbond substituents is 1. The molecule has 0 atom stereocenters. The number of pyridine rings is 1. The Morgan fingerprint density at radius 1 is 1.19 bits per heavy atom. The van der Waals surface area contributed by atoms with Gasteiger partial charge >= 0.3 is 0 Å². The van der Waals surface area contributed by atoms with Crippen LogP contribution in [0.3, 0.4) is 0 Å². The van der Waals surface area contributed by atoms with Crippen molar-refractivity contribution in [3.63, 3.8) is 0 Å². The number of fused-ring (bicyclic) bond motifs is 2. The van der Waals surface area contributed by atoms with Crippen LogP contribution in [0.1, 0.15) is 18.1 Å². The van der Waals surface area contributed by atoms with Gasteiger partial charge in [0.15, 0.2) is 0 Å². The number of rotatable bonds is 2. The summed E-state index contributed by atoms with van der Waals surface area (Å²) in [6, 6.07) is 9.90. The Bertz CT molecular complexity index is 1250. The minimum absolute atomic E-state index is 0.0459. The summed E-state index contributed by atoms with van der Waals surface area (Å²) in [6.45, 7) is 1.58. The molecule has 2 aromatic carbocycles. The highest BCUT2D eigenvalue weighted by molar-refractivity contribution is 7.95. The van der Waals surface area contributed by atoms with Crippen molar-refractivity contribution in [1.29, 1.82) is 0 Å². The van der Waals surface area contributed by atoms with E-state index in [1.54, 1.807) is 49.5 Å². The zero-order valence-electron chi connectivity index (χ0n) is 13.8. The second-order valence-electron chi connectivity index (χ2n) is 6.06. The number of terminal acetylenes is 1. The molecule has 3 aromatic rings. The second kappa shape index (κ2) is 5.61. The molecule has 0 spiro atoms. The minimum Gasteiger partial charge on any atom is -0.508 e. The molecule has 6 heteroatoms. The van der Waals surface area contributed by atoms with Crippen molar-refractivity contribution < 1.29 is 13.5 Å². The number of sulfone groups is 1. The summed E-state index contributed by atoms with van der Waals surface area (Å²) >= 11 is 0. The average molecular weight is 362 g/mol. The Balaban J connectivity index is 1.87. The van der Waals surface area contributed by atoms with Gasteiger partial charge in [-0.2, -0.15) is 0 Å². The fraction of sp³-hybridized carbons (Fsp3) is 0.0500. The van der Waals surface area contributed by atoms with Crippen LogP contribution in [-0.4, -0.2) is 18.5 Å². The Morgan fingerprint density at radius 2 is 2.00 bits per heavy atom. The van der Waals surface area contributed by atoms with E-state index in [1.807, 2.05) is 0 Å². The van der Waals surface area contributed by atoms with Crippen LogP contribution >= 0.6 is 0 Å². The second-order valence-corrected chi connectivity index (χ2v) is 8.15. The molecule has 4 rings (SSSR count). The van der Waals surface area contributed by atoms with Gasteiger partial charge in [-0.25, -0.2) is 8.42 Å². The van der Waals surface area contributed by atoms with Crippen LogP contribution in [-0.2, 0) is 9.84 Å². The van der Waals surface area contributed by atoms with E-state index in [-0.39, 0.29) is 10.6 Å². The fourth-order valence-electron chi connectivity index (χ4n) is 3.04. The Hall–Kier alpha value is -3.30. The van der Waals surface area contributed by atoms with E-state index in [0.717, 1.165) is 0 Å². The van der Waals surface area contributed by atoms with Gasteiger partial charge in [0, 0.05) is 39.5 Å². The number of phenols is 1. The molecule has 1 aliphatic heterocycles. The topological polar surface area (TPSA) is 79.3 Å².